The lowest BCUT2D eigenvalue weighted by atomic mass is 9.92. The van der Waals surface area contributed by atoms with E-state index < -0.39 is 71.8 Å². The molecule has 6 rings (SSSR count). The molecule has 9 amide bonds. The molecule has 0 spiro atoms. The van der Waals surface area contributed by atoms with Gasteiger partial charge in [-0.1, -0.05) is 76.9 Å². The van der Waals surface area contributed by atoms with Crippen LogP contribution in [0, 0.1) is 11.8 Å². The molecule has 0 bridgehead atoms. The minimum Gasteiger partial charge on any atom is -0.455 e. The topological polar surface area (TPSA) is 274 Å². The number of rotatable bonds is 31. The molecule has 8 atom stereocenters. The van der Waals surface area contributed by atoms with Crippen LogP contribution in [0.25, 0.3) is 0 Å². The zero-order chi connectivity index (χ0) is 62.6. The van der Waals surface area contributed by atoms with Crippen LogP contribution in [0.5, 0.6) is 0 Å². The van der Waals surface area contributed by atoms with Crippen molar-refractivity contribution in [3.8, 4) is 0 Å². The molecule has 5 N–H and O–H groups in total. The highest BCUT2D eigenvalue weighted by atomic mass is 32.2. The molecule has 2 aromatic heterocycles. The van der Waals surface area contributed by atoms with Crippen LogP contribution < -0.4 is 21.7 Å². The smallest absolute Gasteiger partial charge is 0.303 e. The maximum Gasteiger partial charge on any atom is 0.303 e. The molecule has 470 valence electrons. The summed E-state index contributed by atoms with van der Waals surface area (Å²) in [6.07, 6.45) is 6.53. The predicted octanol–water partition coefficient (Wildman–Crippen LogP) is 4.65. The molecule has 0 radical (unpaired) electrons. The van der Waals surface area contributed by atoms with Crippen molar-refractivity contribution in [1.82, 2.24) is 50.3 Å². The van der Waals surface area contributed by atoms with Gasteiger partial charge in [-0.15, -0.1) is 34.4 Å². The number of carbonyl (C=O) groups excluding carboxylic acids is 10. The fraction of sp³-hybridized carbons (Fsp3) is 0.590. The minimum atomic E-state index is -1.15. The van der Waals surface area contributed by atoms with Crippen molar-refractivity contribution >= 4 is 93.6 Å². The maximum absolute atomic E-state index is 14.8. The summed E-state index contributed by atoms with van der Waals surface area (Å²) in [4.78, 5) is 151. The fourth-order valence-corrected chi connectivity index (χ4v) is 13.7. The predicted molar refractivity (Wildman–Crippen MR) is 330 cm³/mol. The van der Waals surface area contributed by atoms with Gasteiger partial charge >= 0.3 is 5.97 Å². The quantitative estimate of drug-likeness (QED) is 0.0296. The molecular formula is C61H87N11O11S3. The number of amides is 9. The Morgan fingerprint density at radius 2 is 1.51 bits per heavy atom. The van der Waals surface area contributed by atoms with Crippen LogP contribution in [0.2, 0.25) is 0 Å². The van der Waals surface area contributed by atoms with Crippen LogP contribution in [0.3, 0.4) is 0 Å². The van der Waals surface area contributed by atoms with Crippen molar-refractivity contribution in [2.24, 2.45) is 17.6 Å². The summed E-state index contributed by atoms with van der Waals surface area (Å²) in [5.41, 5.74) is 6.67. The Kier molecular flexibility index (Phi) is 26.7. The number of carbonyl (C=O) groups is 10. The third kappa shape index (κ3) is 19.2. The number of thioether (sulfide) groups is 1. The Morgan fingerprint density at radius 1 is 0.826 bits per heavy atom. The lowest BCUT2D eigenvalue weighted by Crippen LogP contribution is -2.59. The molecule has 22 nitrogen and oxygen atoms in total. The van der Waals surface area contributed by atoms with E-state index in [0.29, 0.717) is 43.7 Å². The van der Waals surface area contributed by atoms with Gasteiger partial charge in [0.25, 0.3) is 17.7 Å². The number of likely N-dealkylation sites (N-methyl/N-ethyl adjacent to an activating group) is 3. The average Bonchev–Trinajstić information content (AvgIpc) is 4.11. The molecule has 2 fully saturated rings. The highest BCUT2D eigenvalue weighted by molar-refractivity contribution is 8.01. The van der Waals surface area contributed by atoms with E-state index in [9.17, 15) is 47.9 Å². The zero-order valence-electron chi connectivity index (χ0n) is 50.9. The number of thiazole rings is 1. The number of unbranched alkanes of at least 4 members (excludes halogenated alkanes) is 1. The van der Waals surface area contributed by atoms with E-state index in [1.807, 2.05) is 87.5 Å². The van der Waals surface area contributed by atoms with Gasteiger partial charge in [-0.25, -0.2) is 4.98 Å². The Balaban J connectivity index is 1.17. The van der Waals surface area contributed by atoms with E-state index in [2.05, 4.69) is 16.0 Å². The molecular weight excluding hydrogens is 1160 g/mol. The molecule has 25 heteroatoms. The SMILES string of the molecule is CC[C@H](C)C(NC(=O)[C@H]1CCCCN1C)C(=O)N(C)[C@H](C[C@@H](OC(C)=O)c1nc(C(=O)N(C)[C@@H](CSc2cccs2)C(=O)N[C@H](CCCCN)C(=O)N[C@@H](Cc2ccccc2)C(=O)N2CCN(C(=O)CCCN3C(=O)C=CC3=O)CC2)cs1)C(C)C. The minimum absolute atomic E-state index is 0.0169. The highest BCUT2D eigenvalue weighted by Gasteiger charge is 2.39. The summed E-state index contributed by atoms with van der Waals surface area (Å²) in [6, 6.07) is 7.97. The van der Waals surface area contributed by atoms with Gasteiger partial charge in [0.05, 0.1) is 10.3 Å². The Labute approximate surface area is 517 Å². The molecule has 2 saturated heterocycles. The number of esters is 1. The lowest BCUT2D eigenvalue weighted by molar-refractivity contribution is -0.149. The number of benzene rings is 1. The molecule has 0 aliphatic carbocycles. The number of piperazine rings is 1. The summed E-state index contributed by atoms with van der Waals surface area (Å²) in [7, 11) is 5.10. The first-order chi connectivity index (χ1) is 41.1. The van der Waals surface area contributed by atoms with Crippen LogP contribution in [0.4, 0.5) is 0 Å². The van der Waals surface area contributed by atoms with Crippen molar-refractivity contribution in [3.05, 3.63) is 81.6 Å². The molecule has 1 unspecified atom stereocenters. The summed E-state index contributed by atoms with van der Waals surface area (Å²) < 4.78 is 6.80. The van der Waals surface area contributed by atoms with Gasteiger partial charge in [-0.2, -0.15) is 0 Å². The van der Waals surface area contributed by atoms with E-state index >= 15 is 0 Å². The van der Waals surface area contributed by atoms with E-state index in [1.54, 1.807) is 21.7 Å². The maximum atomic E-state index is 14.8. The van der Waals surface area contributed by atoms with E-state index in [1.165, 1.54) is 59.5 Å². The fourth-order valence-electron chi connectivity index (χ4n) is 10.9. The monoisotopic (exact) mass is 1250 g/mol. The first kappa shape index (κ1) is 68.6. The first-order valence-electron chi connectivity index (χ1n) is 29.9. The largest absolute Gasteiger partial charge is 0.455 e. The standard InChI is InChI=1S/C61H87N11O11S3/c1-9-40(4)54(66-56(78)46-22-14-16-28-67(46)6)61(82)68(7)47(39(2)3)36-49(83-41(5)73)58-65-45(37-86-58)59(80)69(8)48(38-85-53-24-18-34-84-53)57(79)63-43(21-13-15-27-62)55(77)64-44(35-42-19-11-10-12-20-42)60(81)71-32-30-70(31-33-71)50(74)23-17-29-72-51(75)25-26-52(72)76/h10-12,18-20,24-26,34,37,39-40,43-44,46-49,54H,9,13-17,21-23,27-33,35-36,38,62H2,1-8H3,(H,63,79)(H,64,77)(H,66,78)/t40-,43+,44-,46+,47+,48-,49+,54?/m0/s1. The van der Waals surface area contributed by atoms with Gasteiger partial charge in [0.15, 0.2) is 6.10 Å². The number of nitrogens with two attached hydrogens (primary N) is 1. The number of nitrogens with zero attached hydrogens (tertiary/aromatic N) is 7. The first-order valence-corrected chi connectivity index (χ1v) is 32.6. The van der Waals surface area contributed by atoms with E-state index in [-0.39, 0.29) is 111 Å². The molecule has 0 saturated carbocycles. The second kappa shape index (κ2) is 33.5. The zero-order valence-corrected chi connectivity index (χ0v) is 53.4. The number of piperidine rings is 1. The number of hydrogen-bond donors (Lipinski definition) is 4. The Bertz CT molecular complexity index is 2810. The molecule has 3 aromatic rings. The third-order valence-corrected chi connectivity index (χ3v) is 19.5. The van der Waals surface area contributed by atoms with Gasteiger partial charge in [0.2, 0.25) is 35.4 Å². The van der Waals surface area contributed by atoms with Crippen LogP contribution in [-0.2, 0) is 54.3 Å². The molecule has 5 heterocycles. The van der Waals surface area contributed by atoms with Crippen molar-refractivity contribution in [2.75, 3.05) is 72.7 Å². The molecule has 86 heavy (non-hydrogen) atoms. The van der Waals surface area contributed by atoms with Crippen LogP contribution >= 0.6 is 34.4 Å². The second-order valence-electron chi connectivity index (χ2n) is 22.8. The molecule has 3 aliphatic heterocycles. The van der Waals surface area contributed by atoms with Crippen LogP contribution in [-0.4, -0.2) is 202 Å². The van der Waals surface area contributed by atoms with Crippen molar-refractivity contribution < 1.29 is 52.7 Å². The normalized spacial score (nSPS) is 17.9. The summed E-state index contributed by atoms with van der Waals surface area (Å²) in [5, 5.41) is 12.7. The van der Waals surface area contributed by atoms with Gasteiger partial charge in [-0.05, 0) is 87.5 Å². The van der Waals surface area contributed by atoms with Crippen molar-refractivity contribution in [2.45, 2.75) is 152 Å². The van der Waals surface area contributed by atoms with Gasteiger partial charge in [-0.3, -0.25) is 57.7 Å². The molecule has 3 aliphatic rings. The number of imide groups is 1. The van der Waals surface area contributed by atoms with Gasteiger partial charge in [0, 0.05) is 102 Å². The van der Waals surface area contributed by atoms with E-state index in [4.69, 9.17) is 15.5 Å². The summed E-state index contributed by atoms with van der Waals surface area (Å²) in [6.45, 7) is 11.2. The highest BCUT2D eigenvalue weighted by Crippen LogP contribution is 2.32. The Morgan fingerprint density at radius 3 is 2.14 bits per heavy atom. The number of likely N-dealkylation sites (tertiary alicyclic amines) is 1. The number of hydrogen-bond acceptors (Lipinski definition) is 17. The van der Waals surface area contributed by atoms with Crippen LogP contribution in [0.1, 0.15) is 126 Å². The van der Waals surface area contributed by atoms with Crippen molar-refractivity contribution in [1.29, 1.82) is 0 Å². The third-order valence-electron chi connectivity index (χ3n) is 16.3. The second-order valence-corrected chi connectivity index (χ2v) is 25.9. The molecule has 1 aromatic carbocycles. The number of thiophene rings is 1. The number of aromatic nitrogens is 1. The van der Waals surface area contributed by atoms with Gasteiger partial charge in [0.1, 0.15) is 34.9 Å². The summed E-state index contributed by atoms with van der Waals surface area (Å²) >= 11 is 3.93. The van der Waals surface area contributed by atoms with Crippen molar-refractivity contribution in [3.63, 3.8) is 0 Å². The number of nitrogens with one attached hydrogen (secondary N) is 3. The van der Waals surface area contributed by atoms with Gasteiger partial charge < -0.3 is 46.0 Å². The summed E-state index contributed by atoms with van der Waals surface area (Å²) in [5.74, 6) is -4.49. The Hall–Kier alpha value is -6.54. The van der Waals surface area contributed by atoms with Crippen LogP contribution in [0.15, 0.2) is 69.6 Å². The lowest BCUT2D eigenvalue weighted by Gasteiger charge is -2.38. The van der Waals surface area contributed by atoms with E-state index in [0.717, 1.165) is 45.4 Å². The average molecular weight is 1250 g/mol. The number of ether oxygens (including phenoxy) is 1.